The Kier molecular flexibility index (Phi) is 6.84. The quantitative estimate of drug-likeness (QED) is 0.455. The smallest absolute Gasteiger partial charge is 0.432 e. The Morgan fingerprint density at radius 1 is 1.17 bits per heavy atom. The zero-order valence-electron chi connectivity index (χ0n) is 19.4. The summed E-state index contributed by atoms with van der Waals surface area (Å²) in [6.45, 7) is 2.12. The number of imidazole rings is 1. The van der Waals surface area contributed by atoms with Crippen LogP contribution >= 0.6 is 0 Å². The van der Waals surface area contributed by atoms with Gasteiger partial charge in [0, 0.05) is 24.4 Å². The molecule has 0 aliphatic heterocycles. The number of aromatic nitrogens is 3. The van der Waals surface area contributed by atoms with Gasteiger partial charge in [-0.25, -0.2) is 4.98 Å². The number of halogens is 3. The molecular weight excluding hydrogens is 463 g/mol. The predicted octanol–water partition coefficient (Wildman–Crippen LogP) is 5.50. The van der Waals surface area contributed by atoms with Crippen LogP contribution in [0, 0.1) is 12.3 Å². The Morgan fingerprint density at radius 2 is 1.91 bits per heavy atom. The number of aliphatic carboxylic acids is 1. The van der Waals surface area contributed by atoms with Crippen LogP contribution in [0.15, 0.2) is 42.7 Å². The van der Waals surface area contributed by atoms with E-state index in [0.29, 0.717) is 42.7 Å². The van der Waals surface area contributed by atoms with Crippen molar-refractivity contribution >= 4 is 5.97 Å². The van der Waals surface area contributed by atoms with Crippen LogP contribution in [0.5, 0.6) is 5.75 Å². The highest BCUT2D eigenvalue weighted by Gasteiger charge is 2.42. The molecule has 7 nitrogen and oxygen atoms in total. The summed E-state index contributed by atoms with van der Waals surface area (Å²) in [5.41, 5.74) is 1.15. The van der Waals surface area contributed by atoms with Crippen LogP contribution in [0.2, 0.25) is 0 Å². The van der Waals surface area contributed by atoms with Gasteiger partial charge >= 0.3 is 12.1 Å². The zero-order valence-corrected chi connectivity index (χ0v) is 19.4. The zero-order chi connectivity index (χ0) is 25.2. The number of benzene rings is 1. The first-order chi connectivity index (χ1) is 16.6. The molecule has 1 saturated carbocycles. The molecule has 1 aliphatic rings. The van der Waals surface area contributed by atoms with Crippen LogP contribution in [-0.2, 0) is 15.7 Å². The Bertz CT molecular complexity index is 1180. The first-order valence-electron chi connectivity index (χ1n) is 11.2. The number of ether oxygens (including phenoxy) is 2. The number of hydrogen-bond acceptors (Lipinski definition) is 5. The molecule has 0 spiro atoms. The van der Waals surface area contributed by atoms with Crippen molar-refractivity contribution in [1.29, 1.82) is 0 Å². The number of aromatic amines is 1. The largest absolute Gasteiger partial charge is 0.490 e. The molecule has 3 aromatic rings. The number of carboxylic acids is 1. The van der Waals surface area contributed by atoms with E-state index >= 15 is 0 Å². The minimum Gasteiger partial charge on any atom is -0.490 e. The van der Waals surface area contributed by atoms with E-state index in [2.05, 4.69) is 15.0 Å². The lowest BCUT2D eigenvalue weighted by molar-refractivity contribution is -0.156. The lowest BCUT2D eigenvalue weighted by Gasteiger charge is -2.36. The van der Waals surface area contributed by atoms with Crippen LogP contribution in [0.4, 0.5) is 13.2 Å². The van der Waals surface area contributed by atoms with Crippen molar-refractivity contribution in [3.63, 3.8) is 0 Å². The van der Waals surface area contributed by atoms with Crippen LogP contribution in [0.25, 0.3) is 22.6 Å². The topological polar surface area (TPSA) is 97.3 Å². The first-order valence-corrected chi connectivity index (χ1v) is 11.2. The number of hydrogen-bond donors (Lipinski definition) is 2. The number of alkyl halides is 3. The third kappa shape index (κ3) is 5.32. The van der Waals surface area contributed by atoms with E-state index in [1.807, 2.05) is 25.1 Å². The summed E-state index contributed by atoms with van der Waals surface area (Å²) >= 11 is 0. The summed E-state index contributed by atoms with van der Waals surface area (Å²) in [4.78, 5) is 22.2. The average Bonchev–Trinajstić information content (AvgIpc) is 3.32. The number of pyridine rings is 1. The Balaban J connectivity index is 1.42. The molecule has 1 fully saturated rings. The van der Waals surface area contributed by atoms with Gasteiger partial charge in [-0.05, 0) is 68.5 Å². The molecule has 35 heavy (non-hydrogen) atoms. The summed E-state index contributed by atoms with van der Waals surface area (Å²) in [7, 11) is 1.51. The monoisotopic (exact) mass is 489 g/mol. The second-order valence-corrected chi connectivity index (χ2v) is 8.89. The molecule has 0 unspecified atom stereocenters. The number of methoxy groups -OCH3 is 1. The molecule has 0 amide bonds. The van der Waals surface area contributed by atoms with Crippen molar-refractivity contribution in [2.45, 2.75) is 44.9 Å². The van der Waals surface area contributed by atoms with E-state index < -0.39 is 23.3 Å². The van der Waals surface area contributed by atoms with Crippen molar-refractivity contribution in [2.75, 3.05) is 13.7 Å². The van der Waals surface area contributed by atoms with Gasteiger partial charge in [-0.1, -0.05) is 0 Å². The van der Waals surface area contributed by atoms with Crippen LogP contribution in [-0.4, -0.2) is 45.8 Å². The fraction of sp³-hybridized carbons (Fsp3) is 0.400. The molecule has 2 heterocycles. The standard InChI is InChI=1S/C25H26F3N3O4/c1-15-11-18(35-17-7-9-24(10-8-17,14-34-2)23(32)33)4-5-19(15)20-6-3-16(12-29-20)22-30-13-21(31-22)25(26,27)28/h3-6,11-13,17H,7-10,14H2,1-2H3,(H,30,31)(H,32,33). The normalized spacial score (nSPS) is 20.5. The van der Waals surface area contributed by atoms with E-state index in [9.17, 15) is 23.1 Å². The molecule has 0 saturated heterocycles. The van der Waals surface area contributed by atoms with Gasteiger partial charge < -0.3 is 19.6 Å². The molecule has 4 rings (SSSR count). The number of aryl methyl sites for hydroxylation is 1. The number of carboxylic acid groups (broad SMARTS) is 1. The number of H-pyrrole nitrogens is 1. The summed E-state index contributed by atoms with van der Waals surface area (Å²) in [5.74, 6) is -0.0381. The lowest BCUT2D eigenvalue weighted by atomic mass is 9.73. The summed E-state index contributed by atoms with van der Waals surface area (Å²) in [6, 6.07) is 9.03. The Labute approximate surface area is 200 Å². The maximum absolute atomic E-state index is 12.8. The van der Waals surface area contributed by atoms with Gasteiger partial charge in [0.25, 0.3) is 0 Å². The highest BCUT2D eigenvalue weighted by Crippen LogP contribution is 2.39. The van der Waals surface area contributed by atoms with Crippen molar-refractivity contribution in [3.05, 3.63) is 54.0 Å². The predicted molar refractivity (Wildman–Crippen MR) is 122 cm³/mol. The van der Waals surface area contributed by atoms with Crippen molar-refractivity contribution in [3.8, 4) is 28.4 Å². The highest BCUT2D eigenvalue weighted by atomic mass is 19.4. The van der Waals surface area contributed by atoms with Gasteiger partial charge in [0.15, 0.2) is 0 Å². The van der Waals surface area contributed by atoms with Crippen molar-refractivity contribution in [2.24, 2.45) is 5.41 Å². The van der Waals surface area contributed by atoms with E-state index in [0.717, 1.165) is 17.3 Å². The summed E-state index contributed by atoms with van der Waals surface area (Å²) in [5, 5.41) is 9.61. The highest BCUT2D eigenvalue weighted by molar-refractivity contribution is 5.75. The first kappa shape index (κ1) is 24.7. The van der Waals surface area contributed by atoms with Gasteiger partial charge in [0.2, 0.25) is 0 Å². The molecule has 186 valence electrons. The average molecular weight is 489 g/mol. The molecule has 10 heteroatoms. The third-order valence-corrected chi connectivity index (χ3v) is 6.46. The van der Waals surface area contributed by atoms with Crippen LogP contribution in [0.1, 0.15) is 36.9 Å². The molecule has 0 bridgehead atoms. The van der Waals surface area contributed by atoms with Crippen LogP contribution < -0.4 is 4.74 Å². The van der Waals surface area contributed by atoms with Gasteiger partial charge in [-0.15, -0.1) is 0 Å². The molecule has 2 aromatic heterocycles. The molecule has 1 aromatic carbocycles. The maximum Gasteiger partial charge on any atom is 0.432 e. The molecule has 0 radical (unpaired) electrons. The van der Waals surface area contributed by atoms with Gasteiger partial charge in [0.1, 0.15) is 17.3 Å². The number of rotatable bonds is 7. The fourth-order valence-corrected chi connectivity index (χ4v) is 4.45. The fourth-order valence-electron chi connectivity index (χ4n) is 4.45. The third-order valence-electron chi connectivity index (χ3n) is 6.46. The SMILES string of the molecule is COCC1(C(=O)O)CCC(Oc2ccc(-c3ccc(-c4ncc(C(F)(F)F)[nH]4)cn3)c(C)c2)CC1. The Morgan fingerprint density at radius 3 is 2.46 bits per heavy atom. The number of nitrogens with zero attached hydrogens (tertiary/aromatic N) is 2. The lowest BCUT2D eigenvalue weighted by Crippen LogP contribution is -2.41. The molecular formula is C25H26F3N3O4. The summed E-state index contributed by atoms with van der Waals surface area (Å²) < 4.78 is 49.7. The van der Waals surface area contributed by atoms with Gasteiger partial charge in [-0.2, -0.15) is 13.2 Å². The van der Waals surface area contributed by atoms with E-state index in [1.165, 1.54) is 13.3 Å². The number of carbonyl (C=O) groups is 1. The van der Waals surface area contributed by atoms with E-state index in [4.69, 9.17) is 9.47 Å². The van der Waals surface area contributed by atoms with E-state index in [-0.39, 0.29) is 18.5 Å². The second kappa shape index (κ2) is 9.69. The minimum atomic E-state index is -4.49. The second-order valence-electron chi connectivity index (χ2n) is 8.89. The van der Waals surface area contributed by atoms with E-state index in [1.54, 1.807) is 12.1 Å². The Hall–Kier alpha value is -3.40. The molecule has 2 N–H and O–H groups in total. The summed E-state index contributed by atoms with van der Waals surface area (Å²) in [6.07, 6.45) is -0.0720. The molecule has 0 atom stereocenters. The maximum atomic E-state index is 12.8. The molecule has 1 aliphatic carbocycles. The van der Waals surface area contributed by atoms with Crippen molar-refractivity contribution < 1.29 is 32.5 Å². The van der Waals surface area contributed by atoms with Crippen LogP contribution in [0.3, 0.4) is 0 Å². The van der Waals surface area contributed by atoms with Gasteiger partial charge in [0.05, 0.1) is 30.0 Å². The number of nitrogens with one attached hydrogen (secondary N) is 1. The van der Waals surface area contributed by atoms with Gasteiger partial charge in [-0.3, -0.25) is 9.78 Å². The minimum absolute atomic E-state index is 0.0723. The van der Waals surface area contributed by atoms with Crippen molar-refractivity contribution in [1.82, 2.24) is 15.0 Å².